The summed E-state index contributed by atoms with van der Waals surface area (Å²) in [6.45, 7) is 0.203. The summed E-state index contributed by atoms with van der Waals surface area (Å²) < 4.78 is 44.5. The van der Waals surface area contributed by atoms with Crippen molar-refractivity contribution in [3.8, 4) is 0 Å². The molecular weight excluding hydrogens is 567 g/mol. The van der Waals surface area contributed by atoms with Crippen LogP contribution < -0.4 is 5.32 Å². The lowest BCUT2D eigenvalue weighted by Crippen LogP contribution is -2.46. The predicted molar refractivity (Wildman–Crippen MR) is 148 cm³/mol. The summed E-state index contributed by atoms with van der Waals surface area (Å²) >= 11 is 6.94. The van der Waals surface area contributed by atoms with E-state index in [2.05, 4.69) is 15.0 Å². The minimum absolute atomic E-state index is 0.000995. The molecule has 0 bridgehead atoms. The number of esters is 1. The maximum atomic E-state index is 13.3. The number of halogens is 4. The Kier molecular flexibility index (Phi) is 9.16. The number of amidine groups is 1. The van der Waals surface area contributed by atoms with Crippen LogP contribution in [0.2, 0.25) is 5.02 Å². The van der Waals surface area contributed by atoms with Gasteiger partial charge in [-0.15, -0.1) is 0 Å². The van der Waals surface area contributed by atoms with Crippen molar-refractivity contribution < 1.29 is 32.3 Å². The van der Waals surface area contributed by atoms with Crippen LogP contribution in [0.3, 0.4) is 0 Å². The smallest absolute Gasteiger partial charge is 0.416 e. The largest absolute Gasteiger partial charge is 0.465 e. The number of hydrogen-bond donors (Lipinski definition) is 1. The summed E-state index contributed by atoms with van der Waals surface area (Å²) in [7, 11) is 1.26. The molecule has 3 aromatic carbocycles. The summed E-state index contributed by atoms with van der Waals surface area (Å²) in [4.78, 5) is 43.7. The van der Waals surface area contributed by atoms with Crippen LogP contribution in [0.15, 0.2) is 77.8 Å². The van der Waals surface area contributed by atoms with Crippen molar-refractivity contribution in [2.75, 3.05) is 19.0 Å². The second kappa shape index (κ2) is 12.6. The summed E-state index contributed by atoms with van der Waals surface area (Å²) in [6, 6.07) is 17.5. The van der Waals surface area contributed by atoms with Gasteiger partial charge in [0.25, 0.3) is 0 Å². The van der Waals surface area contributed by atoms with Crippen LogP contribution in [0.25, 0.3) is 0 Å². The Bertz CT molecular complexity index is 1430. The van der Waals surface area contributed by atoms with E-state index in [1.165, 1.54) is 48.4 Å². The van der Waals surface area contributed by atoms with E-state index in [1.54, 1.807) is 12.1 Å². The molecule has 40 heavy (non-hydrogen) atoms. The van der Waals surface area contributed by atoms with Gasteiger partial charge in [-0.05, 0) is 66.6 Å². The number of alkyl halides is 3. The number of carbonyl (C=O) groups is 3. The lowest BCUT2D eigenvalue weighted by atomic mass is 10.1. The average molecular weight is 590 g/mol. The fraction of sp³-hybridized carbons (Fsp3) is 0.214. The highest BCUT2D eigenvalue weighted by Gasteiger charge is 2.36. The van der Waals surface area contributed by atoms with Crippen molar-refractivity contribution in [2.45, 2.75) is 24.3 Å². The maximum absolute atomic E-state index is 13.3. The second-order valence-electron chi connectivity index (χ2n) is 8.73. The Morgan fingerprint density at radius 2 is 1.80 bits per heavy atom. The molecule has 1 N–H and O–H groups in total. The molecule has 0 radical (unpaired) electrons. The zero-order valence-electron chi connectivity index (χ0n) is 21.1. The van der Waals surface area contributed by atoms with Gasteiger partial charge >= 0.3 is 12.1 Å². The van der Waals surface area contributed by atoms with Crippen molar-refractivity contribution in [3.05, 3.63) is 94.5 Å². The van der Waals surface area contributed by atoms with Crippen molar-refractivity contribution in [3.63, 3.8) is 0 Å². The minimum atomic E-state index is -4.56. The number of benzene rings is 3. The molecule has 0 aliphatic carbocycles. The number of rotatable bonds is 7. The number of ether oxygens (including phenoxy) is 1. The number of nitrogens with zero attached hydrogens (tertiary/aromatic N) is 2. The normalized spacial score (nSPS) is 16.6. The summed E-state index contributed by atoms with van der Waals surface area (Å²) in [5.74, 6) is -1.40. The second-order valence-corrected chi connectivity index (χ2v) is 10.3. The number of aliphatic imine (C=N–C) groups is 1. The summed E-state index contributed by atoms with van der Waals surface area (Å²) in [5.41, 5.74) is 0.720. The van der Waals surface area contributed by atoms with E-state index >= 15 is 0 Å². The molecule has 1 fully saturated rings. The lowest BCUT2D eigenvalue weighted by molar-refractivity contribution is -0.137. The first kappa shape index (κ1) is 29.2. The molecule has 12 heteroatoms. The quantitative estimate of drug-likeness (QED) is 0.325. The molecule has 0 aromatic heterocycles. The van der Waals surface area contributed by atoms with Gasteiger partial charge in [0.15, 0.2) is 5.17 Å². The molecule has 7 nitrogen and oxygen atoms in total. The fourth-order valence-electron chi connectivity index (χ4n) is 3.85. The van der Waals surface area contributed by atoms with Gasteiger partial charge in [0.2, 0.25) is 11.8 Å². The highest BCUT2D eigenvalue weighted by molar-refractivity contribution is 8.15. The maximum Gasteiger partial charge on any atom is 0.416 e. The molecule has 208 valence electrons. The molecule has 1 aliphatic rings. The van der Waals surface area contributed by atoms with Crippen LogP contribution >= 0.6 is 23.4 Å². The third-order valence-corrected chi connectivity index (χ3v) is 7.38. The molecule has 3 aromatic rings. The van der Waals surface area contributed by atoms with E-state index in [-0.39, 0.29) is 29.7 Å². The van der Waals surface area contributed by atoms with E-state index < -0.39 is 28.9 Å². The molecule has 2 amide bonds. The SMILES string of the molecule is COC(=O)c1ccc(NC(=O)C2CC(=O)N(CCc3ccc(Cl)cc3)C(=Nc3cccc(C(F)(F)F)c3)S2)cc1. The standard InChI is InChI=1S/C28H23ClF3N3O4S/c1-39-26(38)18-7-11-21(12-8-18)33-25(37)23-16-24(36)35(14-13-17-5-9-20(29)10-6-17)27(40-23)34-22-4-2-3-19(15-22)28(30,31)32/h2-12,15,23H,13-14,16H2,1H3,(H,33,37). The molecule has 1 saturated heterocycles. The van der Waals surface area contributed by atoms with Crippen molar-refractivity contribution in [1.29, 1.82) is 0 Å². The van der Waals surface area contributed by atoms with Gasteiger partial charge in [0, 0.05) is 23.7 Å². The Hall–Kier alpha value is -3.83. The van der Waals surface area contributed by atoms with Gasteiger partial charge in [0.05, 0.1) is 23.9 Å². The zero-order chi connectivity index (χ0) is 28.9. The Labute approximate surface area is 237 Å². The van der Waals surface area contributed by atoms with Crippen LogP contribution in [-0.2, 0) is 26.9 Å². The van der Waals surface area contributed by atoms with Crippen LogP contribution in [0.4, 0.5) is 24.5 Å². The van der Waals surface area contributed by atoms with Gasteiger partial charge in [-0.1, -0.05) is 41.6 Å². The monoisotopic (exact) mass is 589 g/mol. The molecule has 1 atom stereocenters. The average Bonchev–Trinajstić information content (AvgIpc) is 2.93. The predicted octanol–water partition coefficient (Wildman–Crippen LogP) is 6.35. The topological polar surface area (TPSA) is 88.1 Å². The number of nitrogens with one attached hydrogen (secondary N) is 1. The van der Waals surface area contributed by atoms with Gasteiger partial charge in [-0.25, -0.2) is 9.79 Å². The van der Waals surface area contributed by atoms with E-state index in [9.17, 15) is 27.6 Å². The van der Waals surface area contributed by atoms with Crippen LogP contribution in [-0.4, -0.2) is 46.8 Å². The lowest BCUT2D eigenvalue weighted by Gasteiger charge is -2.32. The van der Waals surface area contributed by atoms with E-state index in [1.807, 2.05) is 12.1 Å². The van der Waals surface area contributed by atoms with E-state index in [0.717, 1.165) is 29.5 Å². The van der Waals surface area contributed by atoms with Gasteiger partial charge in [-0.2, -0.15) is 13.2 Å². The number of methoxy groups -OCH3 is 1. The van der Waals surface area contributed by atoms with E-state index in [0.29, 0.717) is 22.7 Å². The van der Waals surface area contributed by atoms with Gasteiger partial charge in [-0.3, -0.25) is 14.5 Å². The van der Waals surface area contributed by atoms with Crippen LogP contribution in [0.1, 0.15) is 27.9 Å². The number of amides is 2. The zero-order valence-corrected chi connectivity index (χ0v) is 22.6. The Morgan fingerprint density at radius 1 is 1.10 bits per heavy atom. The van der Waals surface area contributed by atoms with E-state index in [4.69, 9.17) is 11.6 Å². The highest BCUT2D eigenvalue weighted by Crippen LogP contribution is 2.34. The van der Waals surface area contributed by atoms with Crippen molar-refractivity contribution >= 4 is 57.7 Å². The molecule has 1 heterocycles. The van der Waals surface area contributed by atoms with Crippen LogP contribution in [0, 0.1) is 0 Å². The third-order valence-electron chi connectivity index (χ3n) is 5.94. The molecule has 0 saturated carbocycles. The molecule has 1 aliphatic heterocycles. The number of carbonyl (C=O) groups excluding carboxylic acids is 3. The summed E-state index contributed by atoms with van der Waals surface area (Å²) in [6.07, 6.45) is -4.26. The molecule has 4 rings (SSSR count). The first-order valence-electron chi connectivity index (χ1n) is 12.0. The van der Waals surface area contributed by atoms with Crippen molar-refractivity contribution in [2.24, 2.45) is 4.99 Å². The molecule has 0 spiro atoms. The van der Waals surface area contributed by atoms with Crippen LogP contribution in [0.5, 0.6) is 0 Å². The van der Waals surface area contributed by atoms with Gasteiger partial charge < -0.3 is 10.1 Å². The van der Waals surface area contributed by atoms with Crippen molar-refractivity contribution in [1.82, 2.24) is 4.90 Å². The first-order valence-corrected chi connectivity index (χ1v) is 13.3. The van der Waals surface area contributed by atoms with Gasteiger partial charge in [0.1, 0.15) is 5.25 Å². The molecule has 1 unspecified atom stereocenters. The number of hydrogen-bond acceptors (Lipinski definition) is 6. The summed E-state index contributed by atoms with van der Waals surface area (Å²) in [5, 5.41) is 2.50. The Balaban J connectivity index is 1.57. The highest BCUT2D eigenvalue weighted by atomic mass is 35.5. The number of anilines is 1. The number of thioether (sulfide) groups is 1. The fourth-order valence-corrected chi connectivity index (χ4v) is 5.10. The minimum Gasteiger partial charge on any atom is -0.465 e. The third kappa shape index (κ3) is 7.42. The first-order chi connectivity index (χ1) is 19.0. The Morgan fingerprint density at radius 3 is 2.45 bits per heavy atom. The molecular formula is C28H23ClF3N3O4S.